The third-order valence-electron chi connectivity index (χ3n) is 4.27. The average molecular weight is 484 g/mol. The molecule has 0 aliphatic carbocycles. The molecule has 0 saturated carbocycles. The van der Waals surface area contributed by atoms with Crippen molar-refractivity contribution in [1.82, 2.24) is 4.83 Å². The number of nitrogens with zero attached hydrogens (tertiary/aromatic N) is 1. The van der Waals surface area contributed by atoms with Crippen molar-refractivity contribution in [2.45, 2.75) is 16.0 Å². The van der Waals surface area contributed by atoms with E-state index >= 15 is 0 Å². The third-order valence-corrected chi connectivity index (χ3v) is 6.42. The normalized spacial score (nSPS) is 12.8. The molecule has 0 aliphatic rings. The molecule has 3 aromatic carbocycles. The maximum Gasteiger partial charge on any atom is 0.416 e. The van der Waals surface area contributed by atoms with E-state index in [1.165, 1.54) is 48.5 Å². The van der Waals surface area contributed by atoms with Crippen molar-refractivity contribution in [2.24, 2.45) is 5.10 Å². The van der Waals surface area contributed by atoms with Gasteiger partial charge in [-0.25, -0.2) is 4.83 Å². The first-order valence-corrected chi connectivity index (χ1v) is 11.7. The zero-order valence-electron chi connectivity index (χ0n) is 16.0. The highest BCUT2D eigenvalue weighted by Crippen LogP contribution is 2.36. The molecule has 0 bridgehead atoms. The summed E-state index contributed by atoms with van der Waals surface area (Å²) < 4.78 is 97.1. The topological polar surface area (TPSA) is 113 Å². The number of nitrogens with one attached hydrogen (secondary N) is 1. The van der Waals surface area contributed by atoms with E-state index in [2.05, 4.69) is 5.10 Å². The summed E-state index contributed by atoms with van der Waals surface area (Å²) in [6, 6.07) is 14.8. The van der Waals surface area contributed by atoms with Crippen LogP contribution in [-0.4, -0.2) is 27.6 Å². The second kappa shape index (κ2) is 8.73. The first kappa shape index (κ1) is 23.4. The van der Waals surface area contributed by atoms with Gasteiger partial charge in [0.25, 0.3) is 20.1 Å². The van der Waals surface area contributed by atoms with E-state index in [0.717, 1.165) is 6.21 Å². The standard InChI is InChI=1S/C20H15F3N2O5S2/c21-20(22,23)15-10-11-19(32(28,29)30)18(12-15)17-9-5-4-6-14(17)13-24-25-31(26,27)16-7-2-1-3-8-16/h1-13,25H,(H,28,29,30)/b24-13-. The fourth-order valence-electron chi connectivity index (χ4n) is 2.81. The molecule has 168 valence electrons. The number of hydrogen-bond donors (Lipinski definition) is 2. The van der Waals surface area contributed by atoms with Gasteiger partial charge in [0.15, 0.2) is 0 Å². The van der Waals surface area contributed by atoms with Gasteiger partial charge in [-0.2, -0.15) is 35.1 Å². The summed E-state index contributed by atoms with van der Waals surface area (Å²) in [6.07, 6.45) is -3.75. The first-order chi connectivity index (χ1) is 14.9. The Morgan fingerprint density at radius 1 is 0.844 bits per heavy atom. The van der Waals surface area contributed by atoms with E-state index in [1.807, 2.05) is 4.83 Å². The number of benzene rings is 3. The average Bonchev–Trinajstić information content (AvgIpc) is 2.73. The Kier molecular flexibility index (Phi) is 6.39. The van der Waals surface area contributed by atoms with Gasteiger partial charge in [-0.1, -0.05) is 42.5 Å². The molecule has 3 aromatic rings. The molecule has 0 aromatic heterocycles. The zero-order valence-corrected chi connectivity index (χ0v) is 17.6. The van der Waals surface area contributed by atoms with Crippen LogP contribution in [0.1, 0.15) is 11.1 Å². The van der Waals surface area contributed by atoms with E-state index in [0.29, 0.717) is 18.2 Å². The summed E-state index contributed by atoms with van der Waals surface area (Å²) >= 11 is 0. The van der Waals surface area contributed by atoms with Gasteiger partial charge in [-0.15, -0.1) is 0 Å². The van der Waals surface area contributed by atoms with Crippen molar-refractivity contribution < 1.29 is 34.6 Å². The van der Waals surface area contributed by atoms with E-state index < -0.39 is 42.3 Å². The molecule has 32 heavy (non-hydrogen) atoms. The molecule has 0 amide bonds. The van der Waals surface area contributed by atoms with Crippen molar-refractivity contribution in [3.8, 4) is 11.1 Å². The van der Waals surface area contributed by atoms with Crippen LogP contribution in [0.5, 0.6) is 0 Å². The largest absolute Gasteiger partial charge is 0.416 e. The molecule has 7 nitrogen and oxygen atoms in total. The maximum atomic E-state index is 13.2. The van der Waals surface area contributed by atoms with Crippen LogP contribution in [0.15, 0.2) is 87.7 Å². The predicted molar refractivity (Wildman–Crippen MR) is 111 cm³/mol. The quantitative estimate of drug-likeness (QED) is 0.313. The van der Waals surface area contributed by atoms with Crippen molar-refractivity contribution in [1.29, 1.82) is 0 Å². The van der Waals surface area contributed by atoms with Gasteiger partial charge in [0.05, 0.1) is 16.7 Å². The van der Waals surface area contributed by atoms with Crippen molar-refractivity contribution in [2.75, 3.05) is 0 Å². The van der Waals surface area contributed by atoms with Crippen LogP contribution in [0.2, 0.25) is 0 Å². The highest BCUT2D eigenvalue weighted by molar-refractivity contribution is 7.89. The van der Waals surface area contributed by atoms with Crippen LogP contribution in [-0.2, 0) is 26.3 Å². The summed E-state index contributed by atoms with van der Waals surface area (Å²) in [5, 5.41) is 3.64. The van der Waals surface area contributed by atoms with Gasteiger partial charge >= 0.3 is 6.18 Å². The van der Waals surface area contributed by atoms with E-state index in [-0.39, 0.29) is 16.0 Å². The molecule has 0 radical (unpaired) electrons. The van der Waals surface area contributed by atoms with Crippen LogP contribution in [0.4, 0.5) is 13.2 Å². The SMILES string of the molecule is O=S(=O)(O)c1ccc(C(F)(F)F)cc1-c1ccccc1/C=N\NS(=O)(=O)c1ccccc1. The molecular weight excluding hydrogens is 469 g/mol. The van der Waals surface area contributed by atoms with Gasteiger partial charge in [-0.3, -0.25) is 4.55 Å². The van der Waals surface area contributed by atoms with E-state index in [9.17, 15) is 34.6 Å². The maximum absolute atomic E-state index is 13.2. The Morgan fingerprint density at radius 3 is 2.09 bits per heavy atom. The molecule has 0 unspecified atom stereocenters. The minimum Gasteiger partial charge on any atom is -0.282 e. The first-order valence-electron chi connectivity index (χ1n) is 8.78. The third kappa shape index (κ3) is 5.33. The number of hydrazone groups is 1. The lowest BCUT2D eigenvalue weighted by molar-refractivity contribution is -0.137. The summed E-state index contributed by atoms with van der Waals surface area (Å²) in [5.41, 5.74) is -1.46. The van der Waals surface area contributed by atoms with E-state index in [4.69, 9.17) is 0 Å². The van der Waals surface area contributed by atoms with Gasteiger partial charge in [0, 0.05) is 11.1 Å². The molecular formula is C20H15F3N2O5S2. The Balaban J connectivity index is 2.06. The highest BCUT2D eigenvalue weighted by Gasteiger charge is 2.32. The van der Waals surface area contributed by atoms with Gasteiger partial charge < -0.3 is 0 Å². The lowest BCUT2D eigenvalue weighted by atomic mass is 9.98. The van der Waals surface area contributed by atoms with Crippen molar-refractivity contribution in [3.05, 3.63) is 83.9 Å². The fraction of sp³-hybridized carbons (Fsp3) is 0.0500. The second-order valence-electron chi connectivity index (χ2n) is 6.44. The molecule has 3 rings (SSSR count). The Labute approximate surface area is 182 Å². The lowest BCUT2D eigenvalue weighted by Crippen LogP contribution is -2.18. The molecule has 2 N–H and O–H groups in total. The number of alkyl halides is 3. The Hall–Kier alpha value is -3.22. The number of sulfonamides is 1. The van der Waals surface area contributed by atoms with Crippen LogP contribution in [0, 0.1) is 0 Å². The summed E-state index contributed by atoms with van der Waals surface area (Å²) in [5.74, 6) is 0. The summed E-state index contributed by atoms with van der Waals surface area (Å²) in [6.45, 7) is 0. The van der Waals surface area contributed by atoms with Crippen LogP contribution < -0.4 is 4.83 Å². The predicted octanol–water partition coefficient (Wildman–Crippen LogP) is 3.93. The summed E-state index contributed by atoms with van der Waals surface area (Å²) in [7, 11) is -8.86. The Morgan fingerprint density at radius 2 is 1.47 bits per heavy atom. The molecule has 0 saturated heterocycles. The van der Waals surface area contributed by atoms with Crippen LogP contribution in [0.25, 0.3) is 11.1 Å². The Bertz CT molecular complexity index is 1370. The highest BCUT2D eigenvalue weighted by atomic mass is 32.2. The smallest absolute Gasteiger partial charge is 0.282 e. The van der Waals surface area contributed by atoms with Crippen molar-refractivity contribution in [3.63, 3.8) is 0 Å². The monoisotopic (exact) mass is 484 g/mol. The van der Waals surface area contributed by atoms with Crippen LogP contribution in [0.3, 0.4) is 0 Å². The van der Waals surface area contributed by atoms with Crippen molar-refractivity contribution >= 4 is 26.4 Å². The van der Waals surface area contributed by atoms with Gasteiger partial charge in [0.1, 0.15) is 4.90 Å². The zero-order chi connectivity index (χ0) is 23.6. The number of halogens is 3. The molecule has 12 heteroatoms. The minimum absolute atomic E-state index is 0.0196. The lowest BCUT2D eigenvalue weighted by Gasteiger charge is -2.14. The second-order valence-corrected chi connectivity index (χ2v) is 9.49. The fourth-order valence-corrected chi connectivity index (χ4v) is 4.31. The molecule has 0 fully saturated rings. The molecule has 0 atom stereocenters. The summed E-state index contributed by atoms with van der Waals surface area (Å²) in [4.78, 5) is 1.18. The molecule has 0 heterocycles. The number of hydrogen-bond acceptors (Lipinski definition) is 5. The molecule has 0 aliphatic heterocycles. The van der Waals surface area contributed by atoms with E-state index in [1.54, 1.807) is 6.07 Å². The van der Waals surface area contributed by atoms with Gasteiger partial charge in [-0.05, 0) is 35.9 Å². The number of rotatable bonds is 6. The van der Waals surface area contributed by atoms with Crippen LogP contribution >= 0.6 is 0 Å². The minimum atomic E-state index is -4.86. The molecule has 0 spiro atoms. The van der Waals surface area contributed by atoms with Gasteiger partial charge in [0.2, 0.25) is 0 Å².